The molecule has 0 saturated heterocycles. The summed E-state index contributed by atoms with van der Waals surface area (Å²) in [7, 11) is 0. The number of carbonyl (C=O) groups is 1. The lowest BCUT2D eigenvalue weighted by Gasteiger charge is -2.16. The Hall–Kier alpha value is -1.05. The summed E-state index contributed by atoms with van der Waals surface area (Å²) < 4.78 is 4.97. The first-order chi connectivity index (χ1) is 6.59. The van der Waals surface area contributed by atoms with Crippen molar-refractivity contribution >= 4 is 5.97 Å². The first-order valence-corrected chi connectivity index (χ1v) is 5.06. The van der Waals surface area contributed by atoms with Gasteiger partial charge in [-0.05, 0) is 38.7 Å². The van der Waals surface area contributed by atoms with Gasteiger partial charge >= 0.3 is 5.97 Å². The number of allylic oxidation sites excluding steroid dienone is 3. The molecule has 0 fully saturated rings. The summed E-state index contributed by atoms with van der Waals surface area (Å²) in [6.07, 6.45) is 5.55. The first kappa shape index (κ1) is 11.0. The highest BCUT2D eigenvalue weighted by molar-refractivity contribution is 5.66. The number of esters is 1. The molecule has 0 aliphatic heterocycles. The third-order valence-corrected chi connectivity index (χ3v) is 2.61. The van der Waals surface area contributed by atoms with Crippen molar-refractivity contribution in [3.05, 3.63) is 22.8 Å². The van der Waals surface area contributed by atoms with Crippen molar-refractivity contribution in [2.75, 3.05) is 6.61 Å². The zero-order valence-corrected chi connectivity index (χ0v) is 9.22. The van der Waals surface area contributed by atoms with Crippen LogP contribution in [-0.2, 0) is 9.53 Å². The van der Waals surface area contributed by atoms with Crippen LogP contribution in [0.1, 0.15) is 40.0 Å². The Balaban J connectivity index is 2.52. The van der Waals surface area contributed by atoms with E-state index in [1.54, 1.807) is 0 Å². The van der Waals surface area contributed by atoms with Crippen LogP contribution in [0.2, 0.25) is 0 Å². The maximum atomic E-state index is 10.6. The number of hydrogen-bond acceptors (Lipinski definition) is 2. The highest BCUT2D eigenvalue weighted by Crippen LogP contribution is 2.25. The lowest BCUT2D eigenvalue weighted by Crippen LogP contribution is -2.05. The third-order valence-electron chi connectivity index (χ3n) is 2.61. The molecule has 0 amide bonds. The molecule has 0 bridgehead atoms. The Labute approximate surface area is 85.6 Å². The molecule has 0 radical (unpaired) electrons. The van der Waals surface area contributed by atoms with Crippen molar-refractivity contribution < 1.29 is 9.53 Å². The van der Waals surface area contributed by atoms with E-state index in [-0.39, 0.29) is 5.97 Å². The predicted molar refractivity (Wildman–Crippen MR) is 56.9 cm³/mol. The summed E-state index contributed by atoms with van der Waals surface area (Å²) in [4.78, 5) is 10.6. The largest absolute Gasteiger partial charge is 0.461 e. The topological polar surface area (TPSA) is 26.3 Å². The van der Waals surface area contributed by atoms with E-state index in [1.807, 2.05) is 6.92 Å². The molecular weight excluding hydrogens is 176 g/mol. The summed E-state index contributed by atoms with van der Waals surface area (Å²) in [5, 5.41) is 0. The summed E-state index contributed by atoms with van der Waals surface area (Å²) in [5.74, 6) is -0.201. The minimum absolute atomic E-state index is 0.201. The highest BCUT2D eigenvalue weighted by atomic mass is 16.5. The second kappa shape index (κ2) is 4.99. The minimum atomic E-state index is -0.201. The molecule has 0 spiro atoms. The maximum Gasteiger partial charge on any atom is 0.302 e. The molecule has 2 nitrogen and oxygen atoms in total. The molecule has 14 heavy (non-hydrogen) atoms. The van der Waals surface area contributed by atoms with E-state index in [0.29, 0.717) is 6.61 Å². The molecule has 0 aromatic rings. The van der Waals surface area contributed by atoms with Gasteiger partial charge in [0.15, 0.2) is 0 Å². The Morgan fingerprint density at radius 2 is 2.14 bits per heavy atom. The Morgan fingerprint density at radius 3 is 2.64 bits per heavy atom. The van der Waals surface area contributed by atoms with Crippen LogP contribution in [0.3, 0.4) is 0 Å². The van der Waals surface area contributed by atoms with E-state index in [4.69, 9.17) is 4.74 Å². The maximum absolute atomic E-state index is 10.6. The standard InChI is InChI=1S/C12H18O2/c1-9-4-6-12(7-5-9)10(2)8-14-11(3)13/h4H,5-8H2,1-3H3/b12-10+. The molecule has 0 N–H and O–H groups in total. The van der Waals surface area contributed by atoms with Crippen LogP contribution in [0.5, 0.6) is 0 Å². The summed E-state index contributed by atoms with van der Waals surface area (Å²) in [5.41, 5.74) is 4.11. The molecule has 1 aliphatic carbocycles. The lowest BCUT2D eigenvalue weighted by molar-refractivity contribution is -0.139. The van der Waals surface area contributed by atoms with Crippen molar-refractivity contribution in [1.29, 1.82) is 0 Å². The van der Waals surface area contributed by atoms with Gasteiger partial charge in [0.2, 0.25) is 0 Å². The average molecular weight is 194 g/mol. The molecule has 0 atom stereocenters. The number of carbonyl (C=O) groups excluding carboxylic acids is 1. The van der Waals surface area contributed by atoms with Gasteiger partial charge in [-0.3, -0.25) is 4.79 Å². The predicted octanol–water partition coefficient (Wildman–Crippen LogP) is 3.00. The smallest absolute Gasteiger partial charge is 0.302 e. The molecule has 0 aromatic carbocycles. The monoisotopic (exact) mass is 194 g/mol. The lowest BCUT2D eigenvalue weighted by atomic mass is 9.92. The van der Waals surface area contributed by atoms with E-state index >= 15 is 0 Å². The van der Waals surface area contributed by atoms with Gasteiger partial charge in [-0.25, -0.2) is 0 Å². The summed E-state index contributed by atoms with van der Waals surface area (Å²) >= 11 is 0. The Morgan fingerprint density at radius 1 is 1.43 bits per heavy atom. The zero-order valence-electron chi connectivity index (χ0n) is 9.22. The van der Waals surface area contributed by atoms with Gasteiger partial charge < -0.3 is 4.74 Å². The van der Waals surface area contributed by atoms with Crippen LogP contribution < -0.4 is 0 Å². The molecule has 1 rings (SSSR count). The summed E-state index contributed by atoms with van der Waals surface area (Å²) in [6, 6.07) is 0. The minimum Gasteiger partial charge on any atom is -0.461 e. The van der Waals surface area contributed by atoms with Crippen LogP contribution in [-0.4, -0.2) is 12.6 Å². The highest BCUT2D eigenvalue weighted by Gasteiger charge is 2.08. The zero-order chi connectivity index (χ0) is 10.6. The van der Waals surface area contributed by atoms with Crippen molar-refractivity contribution in [2.24, 2.45) is 0 Å². The van der Waals surface area contributed by atoms with Crippen LogP contribution in [0, 0.1) is 0 Å². The Kier molecular flexibility index (Phi) is 3.93. The van der Waals surface area contributed by atoms with Crippen LogP contribution >= 0.6 is 0 Å². The third kappa shape index (κ3) is 3.36. The van der Waals surface area contributed by atoms with Gasteiger partial charge in [-0.15, -0.1) is 0 Å². The molecule has 2 heteroatoms. The number of ether oxygens (including phenoxy) is 1. The normalized spacial score (nSPS) is 20.1. The van der Waals surface area contributed by atoms with Gasteiger partial charge in [-0.2, -0.15) is 0 Å². The van der Waals surface area contributed by atoms with Crippen molar-refractivity contribution in [3.63, 3.8) is 0 Å². The van der Waals surface area contributed by atoms with Gasteiger partial charge in [-0.1, -0.05) is 17.2 Å². The van der Waals surface area contributed by atoms with Gasteiger partial charge in [0.1, 0.15) is 6.61 Å². The quantitative estimate of drug-likeness (QED) is 0.499. The number of rotatable bonds is 2. The van der Waals surface area contributed by atoms with E-state index in [2.05, 4.69) is 13.0 Å². The van der Waals surface area contributed by atoms with Crippen LogP contribution in [0.15, 0.2) is 22.8 Å². The first-order valence-electron chi connectivity index (χ1n) is 5.06. The van der Waals surface area contributed by atoms with Gasteiger partial charge in [0.25, 0.3) is 0 Å². The molecule has 78 valence electrons. The van der Waals surface area contributed by atoms with Crippen molar-refractivity contribution in [3.8, 4) is 0 Å². The fourth-order valence-corrected chi connectivity index (χ4v) is 1.55. The molecule has 0 aromatic heterocycles. The van der Waals surface area contributed by atoms with E-state index in [1.165, 1.54) is 23.6 Å². The second-order valence-corrected chi connectivity index (χ2v) is 3.92. The van der Waals surface area contributed by atoms with Gasteiger partial charge in [0.05, 0.1) is 0 Å². The molecular formula is C12H18O2. The second-order valence-electron chi connectivity index (χ2n) is 3.92. The molecule has 0 saturated carbocycles. The van der Waals surface area contributed by atoms with Crippen molar-refractivity contribution in [1.82, 2.24) is 0 Å². The molecule has 0 unspecified atom stereocenters. The van der Waals surface area contributed by atoms with Crippen LogP contribution in [0.4, 0.5) is 0 Å². The SMILES string of the molecule is CC(=O)OC/C(C)=C1\CC=C(C)CC1. The number of hydrogen-bond donors (Lipinski definition) is 0. The van der Waals surface area contributed by atoms with E-state index in [0.717, 1.165) is 19.3 Å². The van der Waals surface area contributed by atoms with E-state index in [9.17, 15) is 4.79 Å². The fraction of sp³-hybridized carbons (Fsp3) is 0.583. The molecule has 0 heterocycles. The Bertz CT molecular complexity index is 285. The average Bonchev–Trinajstić information content (AvgIpc) is 2.15. The fourth-order valence-electron chi connectivity index (χ4n) is 1.55. The van der Waals surface area contributed by atoms with Crippen molar-refractivity contribution in [2.45, 2.75) is 40.0 Å². The molecule has 1 aliphatic rings. The van der Waals surface area contributed by atoms with Gasteiger partial charge in [0, 0.05) is 6.92 Å². The summed E-state index contributed by atoms with van der Waals surface area (Å²) in [6.45, 7) is 6.12. The van der Waals surface area contributed by atoms with Crippen LogP contribution in [0.25, 0.3) is 0 Å². The van der Waals surface area contributed by atoms with E-state index < -0.39 is 0 Å².